The van der Waals surface area contributed by atoms with E-state index in [-0.39, 0.29) is 64.6 Å². The minimum Gasteiger partial charge on any atom is -0.466 e. The Hall–Kier alpha value is -2.43. The largest absolute Gasteiger partial charge is 0.466 e. The number of halogens is 1. The highest BCUT2D eigenvalue weighted by Gasteiger charge is 2.38. The second-order valence-corrected chi connectivity index (χ2v) is 16.4. The van der Waals surface area contributed by atoms with Gasteiger partial charge in [0.2, 0.25) is 0 Å². The lowest BCUT2D eigenvalue weighted by molar-refractivity contribution is -0.114. The summed E-state index contributed by atoms with van der Waals surface area (Å²) >= 11 is 6.74. The molecule has 10 heteroatoms. The first kappa shape index (κ1) is 37.6. The molecule has 0 aliphatic heterocycles. The van der Waals surface area contributed by atoms with Crippen LogP contribution in [0.1, 0.15) is 70.3 Å². The highest BCUT2D eigenvalue weighted by Crippen LogP contribution is 2.39. The van der Waals surface area contributed by atoms with Crippen molar-refractivity contribution in [2.75, 3.05) is 26.8 Å². The Kier molecular flexibility index (Phi) is 16.4. The molecule has 0 aromatic heterocycles. The molecule has 1 aromatic rings. The molecule has 0 saturated heterocycles. The van der Waals surface area contributed by atoms with E-state index in [2.05, 4.69) is 47.0 Å². The van der Waals surface area contributed by atoms with E-state index >= 15 is 0 Å². The average Bonchev–Trinajstić information content (AvgIpc) is 2.89. The minimum atomic E-state index is -2.03. The van der Waals surface area contributed by atoms with Gasteiger partial charge in [0, 0.05) is 37.7 Å². The van der Waals surface area contributed by atoms with Gasteiger partial charge in [-0.1, -0.05) is 50.6 Å². The summed E-state index contributed by atoms with van der Waals surface area (Å²) in [5, 5.41) is 0.129. The van der Waals surface area contributed by atoms with Gasteiger partial charge in [-0.05, 0) is 51.4 Å². The molecule has 0 amide bonds. The molecular formula is C32H49ClO8Si. The topological polar surface area (TPSA) is 89.5 Å². The fourth-order valence-electron chi connectivity index (χ4n) is 3.49. The summed E-state index contributed by atoms with van der Waals surface area (Å²) < 4.78 is 34.2. The summed E-state index contributed by atoms with van der Waals surface area (Å²) in [6.45, 7) is 24.5. The summed E-state index contributed by atoms with van der Waals surface area (Å²) in [6.07, 6.45) is 6.66. The zero-order valence-corrected chi connectivity index (χ0v) is 28.3. The van der Waals surface area contributed by atoms with Crippen LogP contribution in [0, 0.1) is 0 Å². The van der Waals surface area contributed by atoms with Crippen molar-refractivity contribution in [3.8, 4) is 11.5 Å². The van der Waals surface area contributed by atoms with Crippen LogP contribution in [0.15, 0.2) is 43.5 Å². The lowest BCUT2D eigenvalue weighted by Gasteiger charge is -2.38. The van der Waals surface area contributed by atoms with E-state index in [1.165, 1.54) is 12.1 Å². The highest BCUT2D eigenvalue weighted by molar-refractivity contribution is 6.74. The third-order valence-corrected chi connectivity index (χ3v) is 11.8. The van der Waals surface area contributed by atoms with Gasteiger partial charge in [0.15, 0.2) is 27.7 Å². The first-order chi connectivity index (χ1) is 19.7. The van der Waals surface area contributed by atoms with Crippen LogP contribution in [0.25, 0.3) is 0 Å². The smallest absolute Gasteiger partial charge is 0.342 e. The standard InChI is InChI=1S/C32H49ClO8Si/c1-11-16-23(5)40-31(35)29-26(30(33)28(39-22-37-14-4)20-27(29)38-21-36-13-3)19-24(34)17-15-18-25(12-2)41-42(9,10)32(6,7)8/h11-12,15,17,20,23,25H,1-2,13-14,16,18-19,21-22H2,3-10H3/b17-15+/t23-,25-/m1/s1. The molecular weight excluding hydrogens is 576 g/mol. The molecule has 0 aliphatic rings. The molecule has 0 heterocycles. The van der Waals surface area contributed by atoms with Gasteiger partial charge >= 0.3 is 5.97 Å². The van der Waals surface area contributed by atoms with Gasteiger partial charge in [0.1, 0.15) is 23.2 Å². The van der Waals surface area contributed by atoms with Gasteiger partial charge in [-0.3, -0.25) is 4.79 Å². The third-order valence-electron chi connectivity index (χ3n) is 6.84. The van der Waals surface area contributed by atoms with Crippen molar-refractivity contribution in [2.24, 2.45) is 0 Å². The summed E-state index contributed by atoms with van der Waals surface area (Å²) in [4.78, 5) is 26.6. The maximum atomic E-state index is 13.4. The van der Waals surface area contributed by atoms with Crippen molar-refractivity contribution in [1.29, 1.82) is 0 Å². The summed E-state index contributed by atoms with van der Waals surface area (Å²) in [7, 11) is -2.03. The summed E-state index contributed by atoms with van der Waals surface area (Å²) in [5.74, 6) is -0.640. The number of esters is 1. The van der Waals surface area contributed by atoms with E-state index in [9.17, 15) is 9.59 Å². The van der Waals surface area contributed by atoms with Gasteiger partial charge < -0.3 is 28.1 Å². The van der Waals surface area contributed by atoms with Gasteiger partial charge in [-0.15, -0.1) is 13.2 Å². The molecule has 0 aliphatic carbocycles. The maximum Gasteiger partial charge on any atom is 0.342 e. The molecule has 42 heavy (non-hydrogen) atoms. The zero-order valence-electron chi connectivity index (χ0n) is 26.5. The van der Waals surface area contributed by atoms with Gasteiger partial charge in [-0.2, -0.15) is 0 Å². The first-order valence-corrected chi connectivity index (χ1v) is 17.6. The number of rotatable bonds is 20. The minimum absolute atomic E-state index is 0.0337. The molecule has 0 unspecified atom stereocenters. The second kappa shape index (κ2) is 18.3. The molecule has 0 spiro atoms. The summed E-state index contributed by atoms with van der Waals surface area (Å²) in [6, 6.07) is 1.48. The lowest BCUT2D eigenvalue weighted by atomic mass is 9.99. The molecule has 236 valence electrons. The van der Waals surface area contributed by atoms with Crippen molar-refractivity contribution >= 4 is 31.7 Å². The number of hydrogen-bond donors (Lipinski definition) is 0. The van der Waals surface area contributed by atoms with Crippen LogP contribution in [0.3, 0.4) is 0 Å². The fraction of sp³-hybridized carbons (Fsp3) is 0.562. The fourth-order valence-corrected chi connectivity index (χ4v) is 5.06. The average molecular weight is 625 g/mol. The van der Waals surface area contributed by atoms with Crippen LogP contribution in [-0.4, -0.2) is 59.1 Å². The van der Waals surface area contributed by atoms with Crippen LogP contribution in [-0.2, 0) is 29.9 Å². The van der Waals surface area contributed by atoms with Crippen LogP contribution < -0.4 is 9.47 Å². The van der Waals surface area contributed by atoms with E-state index in [1.54, 1.807) is 25.2 Å². The monoisotopic (exact) mass is 624 g/mol. The number of ketones is 1. The van der Waals surface area contributed by atoms with Gasteiger partial charge in [0.05, 0.1) is 11.1 Å². The van der Waals surface area contributed by atoms with E-state index in [0.717, 1.165) is 0 Å². The Morgan fingerprint density at radius 2 is 1.62 bits per heavy atom. The van der Waals surface area contributed by atoms with Crippen molar-refractivity contribution in [3.63, 3.8) is 0 Å². The van der Waals surface area contributed by atoms with E-state index < -0.39 is 20.4 Å². The quantitative estimate of drug-likeness (QED) is 0.0362. The Morgan fingerprint density at radius 3 is 2.14 bits per heavy atom. The SMILES string of the molecule is C=CC[C@@H](C)OC(=O)c1c(OCOCC)cc(OCOCC)c(Cl)c1CC(=O)/C=C/C[C@@H](C=C)O[Si](C)(C)C(C)(C)C. The Balaban J connectivity index is 3.41. The third kappa shape index (κ3) is 12.0. The molecule has 0 bridgehead atoms. The highest BCUT2D eigenvalue weighted by atomic mass is 35.5. The Morgan fingerprint density at radius 1 is 1.02 bits per heavy atom. The van der Waals surface area contributed by atoms with E-state index in [0.29, 0.717) is 26.1 Å². The number of carbonyl (C=O) groups is 2. The van der Waals surface area contributed by atoms with Crippen molar-refractivity contribution in [1.82, 2.24) is 0 Å². The predicted molar refractivity (Wildman–Crippen MR) is 170 cm³/mol. The van der Waals surface area contributed by atoms with Gasteiger partial charge in [-0.25, -0.2) is 4.79 Å². The van der Waals surface area contributed by atoms with Crippen LogP contribution >= 0.6 is 11.6 Å². The van der Waals surface area contributed by atoms with Crippen molar-refractivity contribution in [2.45, 2.75) is 91.1 Å². The number of carbonyl (C=O) groups excluding carboxylic acids is 2. The molecule has 0 saturated carbocycles. The molecule has 0 fully saturated rings. The number of benzene rings is 1. The lowest BCUT2D eigenvalue weighted by Crippen LogP contribution is -2.43. The number of ether oxygens (including phenoxy) is 5. The Bertz CT molecular complexity index is 1080. The van der Waals surface area contributed by atoms with E-state index in [4.69, 9.17) is 39.7 Å². The number of allylic oxidation sites excluding steroid dienone is 1. The maximum absolute atomic E-state index is 13.4. The van der Waals surface area contributed by atoms with Crippen molar-refractivity contribution < 1.29 is 37.7 Å². The van der Waals surface area contributed by atoms with Crippen LogP contribution in [0.5, 0.6) is 11.5 Å². The first-order valence-electron chi connectivity index (χ1n) is 14.3. The van der Waals surface area contributed by atoms with Crippen molar-refractivity contribution in [3.05, 3.63) is 59.7 Å². The number of hydrogen-bond acceptors (Lipinski definition) is 8. The Labute approximate surface area is 258 Å². The van der Waals surface area contributed by atoms with E-state index in [1.807, 2.05) is 13.8 Å². The zero-order chi connectivity index (χ0) is 31.9. The molecule has 1 aromatic carbocycles. The molecule has 0 N–H and O–H groups in total. The molecule has 1 rings (SSSR count). The van der Waals surface area contributed by atoms with Crippen LogP contribution in [0.4, 0.5) is 0 Å². The molecule has 2 atom stereocenters. The molecule has 0 radical (unpaired) electrons. The normalized spacial score (nSPS) is 13.5. The van der Waals surface area contributed by atoms with Gasteiger partial charge in [0.25, 0.3) is 0 Å². The summed E-state index contributed by atoms with van der Waals surface area (Å²) in [5.41, 5.74) is 0.256. The predicted octanol–water partition coefficient (Wildman–Crippen LogP) is 7.84. The second-order valence-electron chi connectivity index (χ2n) is 11.2. The van der Waals surface area contributed by atoms with Crippen LogP contribution in [0.2, 0.25) is 23.2 Å². The molecule has 8 nitrogen and oxygen atoms in total.